The van der Waals surface area contributed by atoms with Gasteiger partial charge < -0.3 is 15.4 Å². The van der Waals surface area contributed by atoms with Crippen LogP contribution in [0, 0.1) is 5.92 Å². The van der Waals surface area contributed by atoms with Crippen molar-refractivity contribution in [1.29, 1.82) is 0 Å². The third-order valence-electron chi connectivity index (χ3n) is 3.67. The van der Waals surface area contributed by atoms with Crippen molar-refractivity contribution in [1.82, 2.24) is 5.32 Å². The van der Waals surface area contributed by atoms with Crippen LogP contribution in [-0.2, 0) is 0 Å². The number of carbonyl (C=O) groups is 2. The first-order chi connectivity index (χ1) is 12.0. The van der Waals surface area contributed by atoms with Gasteiger partial charge in [-0.15, -0.1) is 0 Å². The van der Waals surface area contributed by atoms with Crippen LogP contribution in [0.25, 0.3) is 0 Å². The number of hydrogen-bond acceptors (Lipinski definition) is 3. The highest BCUT2D eigenvalue weighted by molar-refractivity contribution is 6.05. The van der Waals surface area contributed by atoms with Crippen LogP contribution >= 0.6 is 0 Å². The molecule has 0 aliphatic carbocycles. The van der Waals surface area contributed by atoms with E-state index in [1.54, 1.807) is 49.5 Å². The van der Waals surface area contributed by atoms with Crippen LogP contribution in [0.4, 0.5) is 5.69 Å². The maximum absolute atomic E-state index is 12.4. The lowest BCUT2D eigenvalue weighted by Gasteiger charge is -2.10. The summed E-state index contributed by atoms with van der Waals surface area (Å²) in [6.45, 7) is 4.90. The van der Waals surface area contributed by atoms with Crippen molar-refractivity contribution in [3.63, 3.8) is 0 Å². The van der Waals surface area contributed by atoms with Crippen LogP contribution in [0.15, 0.2) is 48.5 Å². The van der Waals surface area contributed by atoms with Gasteiger partial charge in [-0.05, 0) is 48.7 Å². The number of ether oxygens (including phenoxy) is 1. The van der Waals surface area contributed by atoms with Crippen LogP contribution in [0.1, 0.15) is 41.0 Å². The molecular weight excluding hydrogens is 316 g/mol. The predicted molar refractivity (Wildman–Crippen MR) is 99.2 cm³/mol. The van der Waals surface area contributed by atoms with Crippen molar-refractivity contribution < 1.29 is 14.3 Å². The average molecular weight is 340 g/mol. The second kappa shape index (κ2) is 8.87. The van der Waals surface area contributed by atoms with E-state index in [1.807, 2.05) is 6.07 Å². The summed E-state index contributed by atoms with van der Waals surface area (Å²) in [6, 6.07) is 13.9. The van der Waals surface area contributed by atoms with Crippen molar-refractivity contribution in [2.45, 2.75) is 20.3 Å². The third kappa shape index (κ3) is 5.64. The molecule has 5 nitrogen and oxygen atoms in total. The van der Waals surface area contributed by atoms with E-state index in [9.17, 15) is 9.59 Å². The minimum atomic E-state index is -0.247. The molecule has 2 N–H and O–H groups in total. The summed E-state index contributed by atoms with van der Waals surface area (Å²) in [4.78, 5) is 24.1. The summed E-state index contributed by atoms with van der Waals surface area (Å²) in [5.41, 5.74) is 1.57. The van der Waals surface area contributed by atoms with E-state index in [-0.39, 0.29) is 11.8 Å². The van der Waals surface area contributed by atoms with E-state index >= 15 is 0 Å². The molecule has 0 aromatic heterocycles. The molecule has 2 amide bonds. The number of benzene rings is 2. The lowest BCUT2D eigenvalue weighted by molar-refractivity contribution is 0.0961. The van der Waals surface area contributed by atoms with Gasteiger partial charge in [-0.1, -0.05) is 26.0 Å². The molecule has 2 aromatic carbocycles. The van der Waals surface area contributed by atoms with Gasteiger partial charge in [-0.3, -0.25) is 9.59 Å². The van der Waals surface area contributed by atoms with Gasteiger partial charge in [0, 0.05) is 23.9 Å². The first kappa shape index (κ1) is 18.5. The highest BCUT2D eigenvalue weighted by Gasteiger charge is 2.09. The molecule has 0 saturated carbocycles. The Bertz CT molecular complexity index is 741. The Morgan fingerprint density at radius 3 is 2.36 bits per heavy atom. The fourth-order valence-electron chi connectivity index (χ4n) is 2.23. The normalized spacial score (nSPS) is 10.4. The first-order valence-electron chi connectivity index (χ1n) is 8.36. The van der Waals surface area contributed by atoms with Crippen molar-refractivity contribution in [2.24, 2.45) is 5.92 Å². The fourth-order valence-corrected chi connectivity index (χ4v) is 2.23. The Morgan fingerprint density at radius 1 is 1.00 bits per heavy atom. The highest BCUT2D eigenvalue weighted by atomic mass is 16.5. The van der Waals surface area contributed by atoms with Crippen molar-refractivity contribution in [2.75, 3.05) is 19.0 Å². The number of carbonyl (C=O) groups excluding carboxylic acids is 2. The molecule has 0 aliphatic rings. The quantitative estimate of drug-likeness (QED) is 0.807. The molecule has 25 heavy (non-hydrogen) atoms. The van der Waals surface area contributed by atoms with Gasteiger partial charge in [0.2, 0.25) is 0 Å². The molecule has 5 heteroatoms. The van der Waals surface area contributed by atoms with Crippen molar-refractivity contribution >= 4 is 17.5 Å². The third-order valence-corrected chi connectivity index (χ3v) is 3.67. The van der Waals surface area contributed by atoms with Crippen LogP contribution < -0.4 is 15.4 Å². The summed E-state index contributed by atoms with van der Waals surface area (Å²) < 4.78 is 5.69. The molecule has 0 atom stereocenters. The van der Waals surface area contributed by atoms with Gasteiger partial charge in [0.1, 0.15) is 5.75 Å². The van der Waals surface area contributed by atoms with E-state index < -0.39 is 0 Å². The standard InChI is InChI=1S/C20H24N2O3/c1-14(2)10-11-25-18-9-5-7-16(13-18)20(24)22-17-8-4-6-15(12-17)19(23)21-3/h4-9,12-14H,10-11H2,1-3H3,(H,21,23)(H,22,24). The van der Waals surface area contributed by atoms with Gasteiger partial charge in [-0.2, -0.15) is 0 Å². The molecule has 0 radical (unpaired) electrons. The summed E-state index contributed by atoms with van der Waals surface area (Å²) in [5, 5.41) is 5.36. The van der Waals surface area contributed by atoms with Gasteiger partial charge in [0.05, 0.1) is 6.61 Å². The molecule has 132 valence electrons. The molecule has 0 saturated heterocycles. The van der Waals surface area contributed by atoms with Crippen LogP contribution in [0.5, 0.6) is 5.75 Å². The Balaban J connectivity index is 2.04. The zero-order valence-electron chi connectivity index (χ0n) is 14.8. The lowest BCUT2D eigenvalue weighted by atomic mass is 10.1. The molecule has 0 heterocycles. The summed E-state index contributed by atoms with van der Waals surface area (Å²) in [5.74, 6) is 0.798. The molecular formula is C20H24N2O3. The van der Waals surface area contributed by atoms with Gasteiger partial charge in [0.15, 0.2) is 0 Å². The molecule has 0 aliphatic heterocycles. The topological polar surface area (TPSA) is 67.4 Å². The first-order valence-corrected chi connectivity index (χ1v) is 8.36. The number of rotatable bonds is 7. The zero-order valence-corrected chi connectivity index (χ0v) is 14.8. The maximum Gasteiger partial charge on any atom is 0.255 e. The maximum atomic E-state index is 12.4. The Hall–Kier alpha value is -2.82. The molecule has 0 unspecified atom stereocenters. The molecule has 0 fully saturated rings. The van der Waals surface area contributed by atoms with E-state index in [0.29, 0.717) is 35.1 Å². The largest absolute Gasteiger partial charge is 0.494 e. The van der Waals surface area contributed by atoms with Gasteiger partial charge in [-0.25, -0.2) is 0 Å². The van der Waals surface area contributed by atoms with Crippen molar-refractivity contribution in [3.8, 4) is 5.75 Å². The highest BCUT2D eigenvalue weighted by Crippen LogP contribution is 2.17. The SMILES string of the molecule is CNC(=O)c1cccc(NC(=O)c2cccc(OCCC(C)C)c2)c1. The van der Waals surface area contributed by atoms with Crippen LogP contribution in [0.3, 0.4) is 0 Å². The fraction of sp³-hybridized carbons (Fsp3) is 0.300. The second-order valence-electron chi connectivity index (χ2n) is 6.17. The summed E-state index contributed by atoms with van der Waals surface area (Å²) in [6.07, 6.45) is 0.961. The average Bonchev–Trinajstić information content (AvgIpc) is 2.61. The van der Waals surface area contributed by atoms with Crippen LogP contribution in [0.2, 0.25) is 0 Å². The van der Waals surface area contributed by atoms with E-state index in [4.69, 9.17) is 4.74 Å². The number of amides is 2. The lowest BCUT2D eigenvalue weighted by Crippen LogP contribution is -2.18. The smallest absolute Gasteiger partial charge is 0.255 e. The van der Waals surface area contributed by atoms with E-state index in [0.717, 1.165) is 6.42 Å². The minimum Gasteiger partial charge on any atom is -0.494 e. The molecule has 2 aromatic rings. The van der Waals surface area contributed by atoms with E-state index in [2.05, 4.69) is 24.5 Å². The molecule has 0 spiro atoms. The molecule has 2 rings (SSSR count). The summed E-state index contributed by atoms with van der Waals surface area (Å²) >= 11 is 0. The van der Waals surface area contributed by atoms with E-state index in [1.165, 1.54) is 0 Å². The Morgan fingerprint density at radius 2 is 1.68 bits per heavy atom. The molecule has 0 bridgehead atoms. The van der Waals surface area contributed by atoms with Gasteiger partial charge in [0.25, 0.3) is 11.8 Å². The van der Waals surface area contributed by atoms with Gasteiger partial charge >= 0.3 is 0 Å². The Kier molecular flexibility index (Phi) is 6.57. The summed E-state index contributed by atoms with van der Waals surface area (Å²) in [7, 11) is 1.57. The second-order valence-corrected chi connectivity index (χ2v) is 6.17. The number of anilines is 1. The number of hydrogen-bond donors (Lipinski definition) is 2. The monoisotopic (exact) mass is 340 g/mol. The number of nitrogens with one attached hydrogen (secondary N) is 2. The Labute approximate surface area is 148 Å². The predicted octanol–water partition coefficient (Wildman–Crippen LogP) is 3.72. The van der Waals surface area contributed by atoms with Crippen LogP contribution in [-0.4, -0.2) is 25.5 Å². The minimum absolute atomic E-state index is 0.198. The zero-order chi connectivity index (χ0) is 18.2. The van der Waals surface area contributed by atoms with Crippen molar-refractivity contribution in [3.05, 3.63) is 59.7 Å².